The Kier molecular flexibility index (Phi) is 2.77. The highest BCUT2D eigenvalue weighted by Crippen LogP contribution is 2.40. The van der Waals surface area contributed by atoms with Gasteiger partial charge in [-0.2, -0.15) is 0 Å². The van der Waals surface area contributed by atoms with Crippen LogP contribution in [0.3, 0.4) is 0 Å². The van der Waals surface area contributed by atoms with Gasteiger partial charge in [0, 0.05) is 22.2 Å². The van der Waals surface area contributed by atoms with Crippen LogP contribution in [0.1, 0.15) is 30.9 Å². The van der Waals surface area contributed by atoms with Gasteiger partial charge in [0.15, 0.2) is 0 Å². The molecule has 2 aromatic rings. The molecule has 0 aliphatic heterocycles. The highest BCUT2D eigenvalue weighted by Gasteiger charge is 2.28. The van der Waals surface area contributed by atoms with Crippen LogP contribution < -0.4 is 0 Å². The second-order valence-corrected chi connectivity index (χ2v) is 5.08. The average molecular weight is 248 g/mol. The molecule has 1 N–H and O–H groups in total. The number of pyridine rings is 1. The van der Waals surface area contributed by atoms with Crippen molar-refractivity contribution in [1.29, 1.82) is 0 Å². The molecule has 0 amide bonds. The fourth-order valence-corrected chi connectivity index (χ4v) is 2.62. The Labute approximate surface area is 105 Å². The lowest BCUT2D eigenvalue weighted by Gasteiger charge is -2.30. The molecule has 1 aromatic carbocycles. The van der Waals surface area contributed by atoms with E-state index in [1.807, 2.05) is 24.3 Å². The predicted molar refractivity (Wildman–Crippen MR) is 69.1 cm³/mol. The number of aromatic nitrogens is 1. The summed E-state index contributed by atoms with van der Waals surface area (Å²) >= 11 is 6.14. The van der Waals surface area contributed by atoms with Gasteiger partial charge in [-0.05, 0) is 37.0 Å². The predicted octanol–water partition coefficient (Wildman–Crippen LogP) is 3.72. The Hall–Kier alpha value is -1.12. The monoisotopic (exact) mass is 247 g/mol. The molecule has 0 saturated heterocycles. The third kappa shape index (κ3) is 1.81. The van der Waals surface area contributed by atoms with Crippen LogP contribution in [-0.2, 0) is 0 Å². The minimum atomic E-state index is -0.404. The van der Waals surface area contributed by atoms with Crippen LogP contribution in [0.15, 0.2) is 30.5 Å². The van der Waals surface area contributed by atoms with Crippen LogP contribution in [0.4, 0.5) is 0 Å². The Morgan fingerprint density at radius 2 is 2.12 bits per heavy atom. The van der Waals surface area contributed by atoms with Gasteiger partial charge in [-0.15, -0.1) is 0 Å². The normalized spacial score (nSPS) is 18.0. The Morgan fingerprint density at radius 1 is 1.29 bits per heavy atom. The van der Waals surface area contributed by atoms with Gasteiger partial charge in [-0.1, -0.05) is 24.1 Å². The van der Waals surface area contributed by atoms with Crippen molar-refractivity contribution in [1.82, 2.24) is 4.98 Å². The lowest BCUT2D eigenvalue weighted by molar-refractivity contribution is 0.0631. The van der Waals surface area contributed by atoms with Gasteiger partial charge in [0.1, 0.15) is 0 Å². The number of benzene rings is 1. The van der Waals surface area contributed by atoms with Crippen LogP contribution in [0.5, 0.6) is 0 Å². The summed E-state index contributed by atoms with van der Waals surface area (Å²) in [6.07, 6.45) is 4.78. The summed E-state index contributed by atoms with van der Waals surface area (Å²) in [5, 5.41) is 12.0. The molecular formula is C14H14ClNO. The molecule has 88 valence electrons. The molecule has 0 bridgehead atoms. The zero-order valence-corrected chi connectivity index (χ0v) is 10.2. The van der Waals surface area contributed by atoms with E-state index < -0.39 is 6.10 Å². The van der Waals surface area contributed by atoms with Crippen molar-refractivity contribution >= 4 is 22.5 Å². The number of halogens is 1. The molecule has 1 unspecified atom stereocenters. The van der Waals surface area contributed by atoms with E-state index in [1.54, 1.807) is 6.20 Å². The van der Waals surface area contributed by atoms with Crippen molar-refractivity contribution in [3.05, 3.63) is 41.0 Å². The van der Waals surface area contributed by atoms with Crippen LogP contribution in [0.25, 0.3) is 10.9 Å². The first-order valence-corrected chi connectivity index (χ1v) is 6.36. The molecule has 3 heteroatoms. The molecule has 1 aliphatic carbocycles. The molecule has 0 radical (unpaired) electrons. The Balaban J connectivity index is 2.12. The Bertz CT molecular complexity index is 551. The average Bonchev–Trinajstić information content (AvgIpc) is 2.27. The number of aliphatic hydroxyl groups is 1. The zero-order valence-electron chi connectivity index (χ0n) is 9.44. The number of fused-ring (bicyclic) bond motifs is 1. The second kappa shape index (κ2) is 4.28. The summed E-state index contributed by atoms with van der Waals surface area (Å²) in [4.78, 5) is 4.36. The van der Waals surface area contributed by atoms with E-state index in [-0.39, 0.29) is 0 Å². The first-order chi connectivity index (χ1) is 8.27. The molecule has 1 fully saturated rings. The first-order valence-electron chi connectivity index (χ1n) is 5.98. The third-order valence-corrected chi connectivity index (χ3v) is 3.99. The molecule has 1 aliphatic rings. The SMILES string of the molecule is OC(c1ccc(Cl)c2cccnc12)C1CCC1. The van der Waals surface area contributed by atoms with Gasteiger partial charge < -0.3 is 5.11 Å². The van der Waals surface area contributed by atoms with Crippen LogP contribution in [0, 0.1) is 5.92 Å². The topological polar surface area (TPSA) is 33.1 Å². The fourth-order valence-electron chi connectivity index (χ4n) is 2.41. The number of nitrogens with zero attached hydrogens (tertiary/aromatic N) is 1. The number of hydrogen-bond donors (Lipinski definition) is 1. The molecule has 1 atom stereocenters. The highest BCUT2D eigenvalue weighted by atomic mass is 35.5. The van der Waals surface area contributed by atoms with Gasteiger partial charge >= 0.3 is 0 Å². The summed E-state index contributed by atoms with van der Waals surface area (Å²) in [6.45, 7) is 0. The largest absolute Gasteiger partial charge is 0.388 e. The van der Waals surface area contributed by atoms with E-state index in [9.17, 15) is 5.11 Å². The fraction of sp³-hybridized carbons (Fsp3) is 0.357. The zero-order chi connectivity index (χ0) is 11.8. The van der Waals surface area contributed by atoms with Crippen molar-refractivity contribution < 1.29 is 5.11 Å². The second-order valence-electron chi connectivity index (χ2n) is 4.67. The molecule has 2 nitrogen and oxygen atoms in total. The molecule has 0 spiro atoms. The van der Waals surface area contributed by atoms with E-state index >= 15 is 0 Å². The molecule has 3 rings (SSSR count). The maximum Gasteiger partial charge on any atom is 0.0839 e. The number of aliphatic hydroxyl groups excluding tert-OH is 1. The molecule has 1 heterocycles. The van der Waals surface area contributed by atoms with Crippen molar-refractivity contribution in [2.75, 3.05) is 0 Å². The Morgan fingerprint density at radius 3 is 2.82 bits per heavy atom. The molecule has 1 saturated carbocycles. The van der Waals surface area contributed by atoms with Crippen LogP contribution in [-0.4, -0.2) is 10.1 Å². The van der Waals surface area contributed by atoms with Gasteiger partial charge in [-0.3, -0.25) is 4.98 Å². The quantitative estimate of drug-likeness (QED) is 0.877. The molecular weight excluding hydrogens is 234 g/mol. The van der Waals surface area contributed by atoms with Crippen molar-refractivity contribution in [2.45, 2.75) is 25.4 Å². The van der Waals surface area contributed by atoms with E-state index in [1.165, 1.54) is 6.42 Å². The summed E-state index contributed by atoms with van der Waals surface area (Å²) in [6, 6.07) is 7.57. The maximum absolute atomic E-state index is 10.3. The van der Waals surface area contributed by atoms with Crippen molar-refractivity contribution in [3.63, 3.8) is 0 Å². The first kappa shape index (κ1) is 11.0. The smallest absolute Gasteiger partial charge is 0.0839 e. The van der Waals surface area contributed by atoms with Gasteiger partial charge in [-0.25, -0.2) is 0 Å². The van der Waals surface area contributed by atoms with E-state index in [0.29, 0.717) is 10.9 Å². The standard InChI is InChI=1S/C14H14ClNO/c15-12-7-6-11(14(17)9-3-1-4-9)13-10(12)5-2-8-16-13/h2,5-9,14,17H,1,3-4H2. The van der Waals surface area contributed by atoms with E-state index in [4.69, 9.17) is 11.6 Å². The third-order valence-electron chi connectivity index (χ3n) is 3.66. The molecule has 1 aromatic heterocycles. The van der Waals surface area contributed by atoms with Gasteiger partial charge in [0.05, 0.1) is 11.6 Å². The van der Waals surface area contributed by atoms with Crippen LogP contribution in [0.2, 0.25) is 5.02 Å². The minimum absolute atomic E-state index is 0.390. The van der Waals surface area contributed by atoms with E-state index in [0.717, 1.165) is 29.3 Å². The number of rotatable bonds is 2. The van der Waals surface area contributed by atoms with Crippen molar-refractivity contribution in [2.24, 2.45) is 5.92 Å². The number of hydrogen-bond acceptors (Lipinski definition) is 2. The van der Waals surface area contributed by atoms with E-state index in [2.05, 4.69) is 4.98 Å². The van der Waals surface area contributed by atoms with Gasteiger partial charge in [0.2, 0.25) is 0 Å². The van der Waals surface area contributed by atoms with Crippen molar-refractivity contribution in [3.8, 4) is 0 Å². The summed E-state index contributed by atoms with van der Waals surface area (Å²) in [7, 11) is 0. The summed E-state index contributed by atoms with van der Waals surface area (Å²) < 4.78 is 0. The lowest BCUT2D eigenvalue weighted by Crippen LogP contribution is -2.20. The minimum Gasteiger partial charge on any atom is -0.388 e. The summed E-state index contributed by atoms with van der Waals surface area (Å²) in [5.74, 6) is 0.390. The van der Waals surface area contributed by atoms with Gasteiger partial charge in [0.25, 0.3) is 0 Å². The lowest BCUT2D eigenvalue weighted by atomic mass is 9.78. The maximum atomic E-state index is 10.3. The molecule has 17 heavy (non-hydrogen) atoms. The van der Waals surface area contributed by atoms with Crippen LogP contribution >= 0.6 is 11.6 Å². The highest BCUT2D eigenvalue weighted by molar-refractivity contribution is 6.35. The summed E-state index contributed by atoms with van der Waals surface area (Å²) in [5.41, 5.74) is 1.74.